The van der Waals surface area contributed by atoms with Crippen LogP contribution < -0.4 is 38.6 Å². The van der Waals surface area contributed by atoms with Crippen LogP contribution in [0.15, 0.2) is 10.1 Å². The molecule has 0 aromatic heterocycles. The summed E-state index contributed by atoms with van der Waals surface area (Å²) in [6.07, 6.45) is 3.33. The lowest BCUT2D eigenvalue weighted by molar-refractivity contribution is -0.133. The SMILES string of the molecule is CC[C@H](C)[C@H](NC(=O)[C@H](CC(C)C)NC(C)=O)C(=O)N[C@H](/C=N/NC(N)=O)CCCN=C(N)N. The number of hydrogen-bond acceptors (Lipinski definition) is 6. The molecular formula is C21H41N9O4. The van der Waals surface area contributed by atoms with Crippen molar-refractivity contribution in [2.75, 3.05) is 6.54 Å². The van der Waals surface area contributed by atoms with Crippen molar-refractivity contribution in [2.45, 2.75) is 78.4 Å². The minimum atomic E-state index is -0.848. The zero-order valence-electron chi connectivity index (χ0n) is 20.8. The second-order valence-electron chi connectivity index (χ2n) is 8.57. The predicted molar refractivity (Wildman–Crippen MR) is 131 cm³/mol. The summed E-state index contributed by atoms with van der Waals surface area (Å²) >= 11 is 0. The van der Waals surface area contributed by atoms with Crippen molar-refractivity contribution in [1.82, 2.24) is 21.4 Å². The van der Waals surface area contributed by atoms with Crippen molar-refractivity contribution < 1.29 is 19.2 Å². The molecular weight excluding hydrogens is 442 g/mol. The van der Waals surface area contributed by atoms with Crippen LogP contribution in [-0.2, 0) is 14.4 Å². The molecule has 0 spiro atoms. The Bertz CT molecular complexity index is 736. The molecule has 5 amide bonds. The topological polar surface area (TPSA) is 219 Å². The fraction of sp³-hybridized carbons (Fsp3) is 0.714. The van der Waals surface area contributed by atoms with Gasteiger partial charge in [-0.2, -0.15) is 5.10 Å². The van der Waals surface area contributed by atoms with Crippen LogP contribution in [0.1, 0.15) is 60.3 Å². The monoisotopic (exact) mass is 483 g/mol. The second kappa shape index (κ2) is 16.3. The first-order chi connectivity index (χ1) is 15.9. The number of carbonyl (C=O) groups is 4. The molecule has 194 valence electrons. The average Bonchev–Trinajstić information content (AvgIpc) is 2.72. The Kier molecular flexibility index (Phi) is 14.6. The smallest absolute Gasteiger partial charge is 0.332 e. The third kappa shape index (κ3) is 13.9. The number of primary amides is 1. The van der Waals surface area contributed by atoms with Crippen LogP contribution in [0.3, 0.4) is 0 Å². The van der Waals surface area contributed by atoms with Gasteiger partial charge in [0.2, 0.25) is 17.7 Å². The Morgan fingerprint density at radius 3 is 2.12 bits per heavy atom. The van der Waals surface area contributed by atoms with E-state index < -0.39 is 36.0 Å². The van der Waals surface area contributed by atoms with E-state index in [2.05, 4.69) is 31.5 Å². The van der Waals surface area contributed by atoms with E-state index in [-0.39, 0.29) is 23.7 Å². The standard InChI is InChI=1S/C21H41N9O4/c1-6-13(4)17(29-18(32)16(10-12(2)3)27-14(5)31)19(33)28-15(11-26-30-21(24)34)8-7-9-25-20(22)23/h11-13,15-17H,6-10H2,1-5H3,(H,27,31)(H,28,33)(H,29,32)(H4,22,23,25)(H3,24,30,34)/b26-11+/t13-,15-,16-,17-/m0/s1. The maximum absolute atomic E-state index is 13.1. The van der Waals surface area contributed by atoms with Crippen LogP contribution in [0.5, 0.6) is 0 Å². The maximum Gasteiger partial charge on any atom is 0.332 e. The summed E-state index contributed by atoms with van der Waals surface area (Å²) in [5.74, 6) is -1.27. The molecule has 0 aromatic rings. The van der Waals surface area contributed by atoms with Crippen molar-refractivity contribution in [3.63, 3.8) is 0 Å². The van der Waals surface area contributed by atoms with Gasteiger partial charge in [-0.15, -0.1) is 0 Å². The van der Waals surface area contributed by atoms with E-state index in [1.807, 2.05) is 27.7 Å². The van der Waals surface area contributed by atoms with Crippen LogP contribution in [0.4, 0.5) is 4.79 Å². The van der Waals surface area contributed by atoms with Crippen molar-refractivity contribution in [1.29, 1.82) is 0 Å². The molecule has 0 radical (unpaired) electrons. The third-order valence-corrected chi connectivity index (χ3v) is 4.92. The summed E-state index contributed by atoms with van der Waals surface area (Å²) in [6.45, 7) is 9.30. The van der Waals surface area contributed by atoms with Crippen LogP contribution in [-0.4, -0.2) is 60.6 Å². The van der Waals surface area contributed by atoms with E-state index in [0.29, 0.717) is 32.2 Å². The Hall–Kier alpha value is -3.38. The van der Waals surface area contributed by atoms with Gasteiger partial charge in [0.15, 0.2) is 5.96 Å². The lowest BCUT2D eigenvalue weighted by Gasteiger charge is -2.28. The van der Waals surface area contributed by atoms with Crippen molar-refractivity contribution in [3.05, 3.63) is 0 Å². The zero-order valence-corrected chi connectivity index (χ0v) is 20.8. The van der Waals surface area contributed by atoms with E-state index in [9.17, 15) is 19.2 Å². The number of urea groups is 1. The number of amides is 5. The summed E-state index contributed by atoms with van der Waals surface area (Å²) in [5, 5.41) is 12.0. The molecule has 0 aliphatic rings. The van der Waals surface area contributed by atoms with Gasteiger partial charge in [0.05, 0.1) is 6.04 Å². The highest BCUT2D eigenvalue weighted by Gasteiger charge is 2.30. The molecule has 13 nitrogen and oxygen atoms in total. The Labute approximate surface area is 201 Å². The summed E-state index contributed by atoms with van der Waals surface area (Å²) < 4.78 is 0. The molecule has 0 heterocycles. The largest absolute Gasteiger partial charge is 0.370 e. The van der Waals surface area contributed by atoms with Crippen LogP contribution in [0.2, 0.25) is 0 Å². The van der Waals surface area contributed by atoms with E-state index >= 15 is 0 Å². The molecule has 0 fully saturated rings. The van der Waals surface area contributed by atoms with Crippen LogP contribution in [0.25, 0.3) is 0 Å². The number of nitrogens with one attached hydrogen (secondary N) is 4. The second-order valence-corrected chi connectivity index (χ2v) is 8.57. The van der Waals surface area contributed by atoms with Crippen molar-refractivity contribution >= 4 is 35.9 Å². The van der Waals surface area contributed by atoms with Gasteiger partial charge in [-0.25, -0.2) is 10.2 Å². The first kappa shape index (κ1) is 30.6. The first-order valence-electron chi connectivity index (χ1n) is 11.4. The van der Waals surface area contributed by atoms with E-state index in [0.717, 1.165) is 0 Å². The van der Waals surface area contributed by atoms with Gasteiger partial charge in [-0.3, -0.25) is 19.4 Å². The molecule has 0 bridgehead atoms. The molecule has 0 aliphatic carbocycles. The molecule has 34 heavy (non-hydrogen) atoms. The molecule has 0 unspecified atom stereocenters. The summed E-state index contributed by atoms with van der Waals surface area (Å²) in [6, 6.07) is -3.04. The van der Waals surface area contributed by atoms with Crippen molar-refractivity contribution in [2.24, 2.45) is 39.1 Å². The number of guanidine groups is 1. The fourth-order valence-electron chi connectivity index (χ4n) is 3.07. The van der Waals surface area contributed by atoms with Gasteiger partial charge in [-0.05, 0) is 31.1 Å². The van der Waals surface area contributed by atoms with Crippen molar-refractivity contribution in [3.8, 4) is 0 Å². The number of hydrazone groups is 1. The lowest BCUT2D eigenvalue weighted by atomic mass is 9.96. The number of aliphatic imine (C=N–C) groups is 1. The van der Waals surface area contributed by atoms with Gasteiger partial charge in [0.25, 0.3) is 0 Å². The number of rotatable bonds is 15. The average molecular weight is 484 g/mol. The van der Waals surface area contributed by atoms with E-state index in [4.69, 9.17) is 17.2 Å². The fourth-order valence-corrected chi connectivity index (χ4v) is 3.07. The predicted octanol–water partition coefficient (Wildman–Crippen LogP) is -0.739. The molecule has 0 saturated carbocycles. The highest BCUT2D eigenvalue weighted by atomic mass is 16.2. The molecule has 4 atom stereocenters. The first-order valence-corrected chi connectivity index (χ1v) is 11.4. The molecule has 10 N–H and O–H groups in total. The molecule has 0 saturated heterocycles. The molecule has 0 aromatic carbocycles. The Morgan fingerprint density at radius 2 is 1.62 bits per heavy atom. The summed E-state index contributed by atoms with van der Waals surface area (Å²) in [7, 11) is 0. The number of nitrogens with zero attached hydrogens (tertiary/aromatic N) is 2. The van der Waals surface area contributed by atoms with E-state index in [1.165, 1.54) is 13.1 Å². The van der Waals surface area contributed by atoms with E-state index in [1.54, 1.807) is 0 Å². The normalized spacial score (nSPS) is 14.5. The number of hydrogen-bond donors (Lipinski definition) is 7. The number of carbonyl (C=O) groups excluding carboxylic acids is 4. The minimum Gasteiger partial charge on any atom is -0.370 e. The van der Waals surface area contributed by atoms with Gasteiger partial charge in [0, 0.05) is 19.7 Å². The van der Waals surface area contributed by atoms with Crippen LogP contribution in [0, 0.1) is 11.8 Å². The highest BCUT2D eigenvalue weighted by molar-refractivity contribution is 5.92. The quantitative estimate of drug-likeness (QED) is 0.0687. The minimum absolute atomic E-state index is 0.0423. The molecule has 13 heteroatoms. The van der Waals surface area contributed by atoms with Gasteiger partial charge >= 0.3 is 6.03 Å². The van der Waals surface area contributed by atoms with Crippen LogP contribution >= 0.6 is 0 Å². The molecule has 0 rings (SSSR count). The summed E-state index contributed by atoms with van der Waals surface area (Å²) in [4.78, 5) is 52.4. The Balaban J connectivity index is 5.50. The Morgan fingerprint density at radius 1 is 0.971 bits per heavy atom. The highest BCUT2D eigenvalue weighted by Crippen LogP contribution is 2.11. The summed E-state index contributed by atoms with van der Waals surface area (Å²) in [5.41, 5.74) is 17.8. The molecule has 0 aliphatic heterocycles. The lowest BCUT2D eigenvalue weighted by Crippen LogP contribution is -2.57. The van der Waals surface area contributed by atoms with Gasteiger partial charge in [-0.1, -0.05) is 34.1 Å². The van der Waals surface area contributed by atoms with Gasteiger partial charge in [0.1, 0.15) is 12.1 Å². The maximum atomic E-state index is 13.1. The number of nitrogens with two attached hydrogens (primary N) is 3. The van der Waals surface area contributed by atoms with Gasteiger partial charge < -0.3 is 33.2 Å². The third-order valence-electron chi connectivity index (χ3n) is 4.92. The zero-order chi connectivity index (χ0) is 26.3.